The largest absolute Gasteiger partial charge is 0.389 e. The molecule has 1 saturated carbocycles. The number of nitrogens with zero attached hydrogens (tertiary/aromatic N) is 2. The van der Waals surface area contributed by atoms with Gasteiger partial charge in [0.05, 0.1) is 12.1 Å². The van der Waals surface area contributed by atoms with Gasteiger partial charge in [0, 0.05) is 6.42 Å². The van der Waals surface area contributed by atoms with Gasteiger partial charge in [-0.15, -0.1) is 0 Å². The van der Waals surface area contributed by atoms with Crippen LogP contribution in [0.5, 0.6) is 0 Å². The third-order valence-corrected chi connectivity index (χ3v) is 4.04. The van der Waals surface area contributed by atoms with Crippen LogP contribution in [0.25, 0.3) is 0 Å². The Morgan fingerprint density at radius 3 is 1.95 bits per heavy atom. The summed E-state index contributed by atoms with van der Waals surface area (Å²) in [5.74, 6) is 0.855. The lowest BCUT2D eigenvalue weighted by atomic mass is 9.72. The average Bonchev–Trinajstić information content (AvgIpc) is 2.36. The topological polar surface area (TPSA) is 47.6 Å². The van der Waals surface area contributed by atoms with Crippen LogP contribution in [0.1, 0.15) is 51.9 Å². The average molecular weight is 272 g/mol. The van der Waals surface area contributed by atoms with E-state index in [1.165, 1.54) is 0 Å². The van der Waals surface area contributed by atoms with Gasteiger partial charge in [0.25, 0.3) is 0 Å². The fraction of sp³-hybridized carbons (Fsp3) is 0.857. The molecule has 0 unspecified atom stereocenters. The highest BCUT2D eigenvalue weighted by atomic mass is 19.4. The molecule has 0 aromatic rings. The molecule has 0 amide bonds. The quantitative estimate of drug-likeness (QED) is 0.752. The van der Waals surface area contributed by atoms with Crippen molar-refractivity contribution in [3.63, 3.8) is 0 Å². The second kappa shape index (κ2) is 6.28. The number of hydrogen-bond donors (Lipinski definition) is 0. The van der Waals surface area contributed by atoms with Crippen molar-refractivity contribution in [3.05, 3.63) is 0 Å². The van der Waals surface area contributed by atoms with E-state index >= 15 is 0 Å². The third kappa shape index (κ3) is 5.11. The van der Waals surface area contributed by atoms with Gasteiger partial charge in [-0.25, -0.2) is 0 Å². The van der Waals surface area contributed by atoms with E-state index in [4.69, 9.17) is 10.5 Å². The van der Waals surface area contributed by atoms with E-state index in [1.807, 2.05) is 12.1 Å². The molecule has 0 spiro atoms. The van der Waals surface area contributed by atoms with Crippen LogP contribution in [0.2, 0.25) is 0 Å². The van der Waals surface area contributed by atoms with Gasteiger partial charge in [0.1, 0.15) is 5.41 Å². The summed E-state index contributed by atoms with van der Waals surface area (Å²) in [5.41, 5.74) is -1.47. The summed E-state index contributed by atoms with van der Waals surface area (Å²) in [6.45, 7) is 2.15. The molecule has 0 heterocycles. The monoisotopic (exact) mass is 272 g/mol. The second-order valence-electron chi connectivity index (χ2n) is 5.75. The summed E-state index contributed by atoms with van der Waals surface area (Å²) in [6.07, 6.45) is -1.58. The molecular formula is C14H19F3N2. The van der Waals surface area contributed by atoms with Crippen molar-refractivity contribution < 1.29 is 13.2 Å². The predicted molar refractivity (Wildman–Crippen MR) is 64.7 cm³/mol. The molecule has 19 heavy (non-hydrogen) atoms. The second-order valence-corrected chi connectivity index (χ2v) is 5.75. The van der Waals surface area contributed by atoms with Crippen molar-refractivity contribution in [2.24, 2.45) is 17.3 Å². The maximum absolute atomic E-state index is 12.3. The van der Waals surface area contributed by atoms with Crippen molar-refractivity contribution in [1.82, 2.24) is 0 Å². The highest BCUT2D eigenvalue weighted by molar-refractivity contribution is 5.14. The third-order valence-electron chi connectivity index (χ3n) is 4.04. The Bertz CT molecular complexity index is 354. The van der Waals surface area contributed by atoms with Crippen molar-refractivity contribution >= 4 is 0 Å². The zero-order chi connectivity index (χ0) is 14.5. The van der Waals surface area contributed by atoms with Crippen LogP contribution >= 0.6 is 0 Å². The standard InChI is InChI=1S/C14H19F3N2/c1-11-2-4-12(5-3-11)8-13(9-18,10-19)6-7-14(15,16)17/h11-12H,2-8H2,1H3. The van der Waals surface area contributed by atoms with Crippen LogP contribution in [0, 0.1) is 39.9 Å². The van der Waals surface area contributed by atoms with Gasteiger partial charge in [-0.2, -0.15) is 23.7 Å². The fourth-order valence-corrected chi connectivity index (χ4v) is 2.71. The molecule has 1 aliphatic rings. The minimum absolute atomic E-state index is 0.212. The van der Waals surface area contributed by atoms with Crippen molar-refractivity contribution in [3.8, 4) is 12.1 Å². The molecule has 2 nitrogen and oxygen atoms in total. The molecule has 0 bridgehead atoms. The fourth-order valence-electron chi connectivity index (χ4n) is 2.71. The van der Waals surface area contributed by atoms with E-state index in [1.54, 1.807) is 0 Å². The van der Waals surface area contributed by atoms with Crippen molar-refractivity contribution in [1.29, 1.82) is 10.5 Å². The van der Waals surface area contributed by atoms with Crippen LogP contribution in [0.4, 0.5) is 13.2 Å². The first-order chi connectivity index (χ1) is 8.80. The number of alkyl halides is 3. The Morgan fingerprint density at radius 2 is 1.53 bits per heavy atom. The lowest BCUT2D eigenvalue weighted by Crippen LogP contribution is -2.25. The van der Waals surface area contributed by atoms with Gasteiger partial charge >= 0.3 is 6.18 Å². The van der Waals surface area contributed by atoms with E-state index in [2.05, 4.69) is 6.92 Å². The minimum Gasteiger partial charge on any atom is -0.197 e. The Morgan fingerprint density at radius 1 is 1.00 bits per heavy atom. The van der Waals surface area contributed by atoms with Crippen LogP contribution < -0.4 is 0 Å². The molecule has 1 rings (SSSR count). The minimum atomic E-state index is -4.31. The maximum Gasteiger partial charge on any atom is 0.389 e. The molecule has 1 fully saturated rings. The molecule has 0 aliphatic heterocycles. The van der Waals surface area contributed by atoms with Crippen LogP contribution in [0.15, 0.2) is 0 Å². The Kier molecular flexibility index (Phi) is 5.23. The molecule has 0 atom stereocenters. The van der Waals surface area contributed by atoms with E-state index in [0.29, 0.717) is 5.92 Å². The molecule has 0 N–H and O–H groups in total. The molecule has 106 valence electrons. The molecule has 0 aromatic heterocycles. The Balaban J connectivity index is 2.62. The summed E-state index contributed by atoms with van der Waals surface area (Å²) in [6, 6.07) is 3.67. The lowest BCUT2D eigenvalue weighted by Gasteiger charge is -2.30. The molecule has 0 aromatic carbocycles. The predicted octanol–water partition coefficient (Wildman–Crippen LogP) is 4.58. The zero-order valence-corrected chi connectivity index (χ0v) is 11.1. The highest BCUT2D eigenvalue weighted by Gasteiger charge is 2.39. The molecular weight excluding hydrogens is 253 g/mol. The maximum atomic E-state index is 12.3. The van der Waals surface area contributed by atoms with Gasteiger partial charge in [0.15, 0.2) is 0 Å². The molecule has 0 radical (unpaired) electrons. The van der Waals surface area contributed by atoms with Crippen molar-refractivity contribution in [2.45, 2.75) is 58.0 Å². The lowest BCUT2D eigenvalue weighted by molar-refractivity contribution is -0.138. The number of nitriles is 2. The van der Waals surface area contributed by atoms with Crippen LogP contribution in [-0.2, 0) is 0 Å². The van der Waals surface area contributed by atoms with E-state index in [9.17, 15) is 13.2 Å². The highest BCUT2D eigenvalue weighted by Crippen LogP contribution is 2.40. The number of halogens is 3. The summed E-state index contributed by atoms with van der Waals surface area (Å²) < 4.78 is 36.8. The van der Waals surface area contributed by atoms with E-state index in [-0.39, 0.29) is 12.3 Å². The summed E-state index contributed by atoms with van der Waals surface area (Å²) in [7, 11) is 0. The summed E-state index contributed by atoms with van der Waals surface area (Å²) >= 11 is 0. The van der Waals surface area contributed by atoms with Gasteiger partial charge < -0.3 is 0 Å². The van der Waals surface area contributed by atoms with E-state index in [0.717, 1.165) is 25.7 Å². The van der Waals surface area contributed by atoms with Gasteiger partial charge in [-0.05, 0) is 24.7 Å². The van der Waals surface area contributed by atoms with Crippen molar-refractivity contribution in [2.75, 3.05) is 0 Å². The summed E-state index contributed by atoms with van der Waals surface area (Å²) in [4.78, 5) is 0. The molecule has 0 saturated heterocycles. The van der Waals surface area contributed by atoms with Gasteiger partial charge in [0.2, 0.25) is 0 Å². The number of hydrogen-bond acceptors (Lipinski definition) is 2. The first kappa shape index (κ1) is 15.8. The van der Waals surface area contributed by atoms with Crippen LogP contribution in [-0.4, -0.2) is 6.18 Å². The Labute approximate surface area is 112 Å². The van der Waals surface area contributed by atoms with Gasteiger partial charge in [-0.1, -0.05) is 32.6 Å². The SMILES string of the molecule is CC1CCC(CC(C#N)(C#N)CCC(F)(F)F)CC1. The molecule has 5 heteroatoms. The zero-order valence-electron chi connectivity index (χ0n) is 11.1. The normalized spacial score (nSPS) is 24.5. The smallest absolute Gasteiger partial charge is 0.197 e. The first-order valence-corrected chi connectivity index (χ1v) is 6.69. The number of rotatable bonds is 4. The van der Waals surface area contributed by atoms with Gasteiger partial charge in [-0.3, -0.25) is 0 Å². The van der Waals surface area contributed by atoms with Crippen LogP contribution in [0.3, 0.4) is 0 Å². The summed E-state index contributed by atoms with van der Waals surface area (Å²) in [5, 5.41) is 18.2. The van der Waals surface area contributed by atoms with E-state index < -0.39 is 24.4 Å². The Hall–Kier alpha value is -1.23. The molecule has 1 aliphatic carbocycles. The first-order valence-electron chi connectivity index (χ1n) is 6.69.